The summed E-state index contributed by atoms with van der Waals surface area (Å²) in [6, 6.07) is 0.580. The average Bonchev–Trinajstić information content (AvgIpc) is 3.12. The van der Waals surface area contributed by atoms with Gasteiger partial charge in [-0.05, 0) is 38.5 Å². The summed E-state index contributed by atoms with van der Waals surface area (Å²) in [5, 5.41) is 4.70. The zero-order valence-electron chi connectivity index (χ0n) is 13.4. The van der Waals surface area contributed by atoms with Crippen molar-refractivity contribution in [3.63, 3.8) is 0 Å². The van der Waals surface area contributed by atoms with Crippen molar-refractivity contribution in [2.24, 2.45) is 0 Å². The van der Waals surface area contributed by atoms with E-state index in [1.54, 1.807) is 0 Å². The van der Waals surface area contributed by atoms with Gasteiger partial charge in [0.15, 0.2) is 14.6 Å². The number of hydrogen-bond donors (Lipinski definition) is 0. The first-order chi connectivity index (χ1) is 10.3. The van der Waals surface area contributed by atoms with Gasteiger partial charge in [-0.3, -0.25) is 4.90 Å². The first-order valence-corrected chi connectivity index (χ1v) is 10.1. The van der Waals surface area contributed by atoms with Crippen LogP contribution < -0.4 is 0 Å². The Bertz CT molecular complexity index is 716. The minimum atomic E-state index is -2.87. The van der Waals surface area contributed by atoms with E-state index >= 15 is 0 Å². The van der Waals surface area contributed by atoms with Gasteiger partial charge in [-0.25, -0.2) is 13.1 Å². The summed E-state index contributed by atoms with van der Waals surface area (Å²) in [7, 11) is -0.908. The van der Waals surface area contributed by atoms with Gasteiger partial charge in [-0.1, -0.05) is 13.8 Å². The Morgan fingerprint density at radius 2 is 2.05 bits per heavy atom. The molecule has 2 aliphatic rings. The summed E-state index contributed by atoms with van der Waals surface area (Å²) >= 11 is 5.60. The van der Waals surface area contributed by atoms with Crippen LogP contribution in [-0.4, -0.2) is 52.3 Å². The molecule has 2 heterocycles. The third kappa shape index (κ3) is 3.14. The highest BCUT2D eigenvalue weighted by Crippen LogP contribution is 2.37. The van der Waals surface area contributed by atoms with Crippen LogP contribution in [0.4, 0.5) is 0 Å². The highest BCUT2D eigenvalue weighted by atomic mass is 32.2. The normalized spacial score (nSPS) is 24.5. The molecule has 124 valence electrons. The van der Waals surface area contributed by atoms with Crippen molar-refractivity contribution in [2.45, 2.75) is 57.8 Å². The minimum Gasteiger partial charge on any atom is -0.301 e. The Balaban J connectivity index is 1.81. The molecule has 0 N–H and O–H groups in total. The molecule has 0 unspecified atom stereocenters. The van der Waals surface area contributed by atoms with Crippen molar-refractivity contribution in [3.8, 4) is 0 Å². The Morgan fingerprint density at radius 1 is 1.36 bits per heavy atom. The van der Waals surface area contributed by atoms with E-state index in [1.165, 1.54) is 12.8 Å². The lowest BCUT2D eigenvalue weighted by atomic mass is 10.2. The molecule has 1 aliphatic carbocycles. The van der Waals surface area contributed by atoms with Crippen LogP contribution in [0.5, 0.6) is 0 Å². The zero-order valence-corrected chi connectivity index (χ0v) is 15.0. The van der Waals surface area contributed by atoms with Crippen LogP contribution in [-0.2, 0) is 16.5 Å². The molecule has 1 atom stereocenters. The second-order valence-corrected chi connectivity index (χ2v) is 9.45. The second kappa shape index (κ2) is 5.72. The van der Waals surface area contributed by atoms with Crippen molar-refractivity contribution in [1.82, 2.24) is 19.2 Å². The zero-order chi connectivity index (χ0) is 16.1. The number of hydrogen-bond acceptors (Lipinski definition) is 5. The van der Waals surface area contributed by atoms with Gasteiger partial charge in [0.05, 0.1) is 18.2 Å². The predicted octanol–water partition coefficient (Wildman–Crippen LogP) is 1.95. The molecule has 0 radical (unpaired) electrons. The van der Waals surface area contributed by atoms with Crippen LogP contribution in [0.2, 0.25) is 0 Å². The fraction of sp³-hybridized carbons (Fsp3) is 0.857. The van der Waals surface area contributed by atoms with E-state index in [-0.39, 0.29) is 11.8 Å². The Kier molecular flexibility index (Phi) is 4.20. The molecule has 0 amide bonds. The number of rotatable bonds is 5. The maximum absolute atomic E-state index is 11.6. The van der Waals surface area contributed by atoms with Crippen molar-refractivity contribution in [1.29, 1.82) is 0 Å². The molecule has 8 heteroatoms. The molecule has 6 nitrogen and oxygen atoms in total. The molecule has 0 bridgehead atoms. The van der Waals surface area contributed by atoms with E-state index in [0.29, 0.717) is 30.8 Å². The van der Waals surface area contributed by atoms with Crippen LogP contribution in [0.1, 0.15) is 50.9 Å². The van der Waals surface area contributed by atoms with Gasteiger partial charge in [-0.2, -0.15) is 5.10 Å². The predicted molar refractivity (Wildman–Crippen MR) is 88.2 cm³/mol. The molecule has 0 aromatic carbocycles. The van der Waals surface area contributed by atoms with Crippen LogP contribution in [0.25, 0.3) is 0 Å². The van der Waals surface area contributed by atoms with E-state index in [9.17, 15) is 8.42 Å². The summed E-state index contributed by atoms with van der Waals surface area (Å²) in [6.07, 6.45) is 3.05. The standard InChI is InChI=1S/C14H24N4O2S2/c1-10(2)13-15-17(14(21)18(13)11-4-5-11)9-16(3)12-6-7-22(19,20)8-12/h10-12H,4-9H2,1-3H3/t12-/m1/s1. The second-order valence-electron chi connectivity index (χ2n) is 6.85. The van der Waals surface area contributed by atoms with Gasteiger partial charge >= 0.3 is 0 Å². The quantitative estimate of drug-likeness (QED) is 0.764. The summed E-state index contributed by atoms with van der Waals surface area (Å²) in [6.45, 7) is 4.82. The molecule has 1 saturated carbocycles. The molecule has 1 aromatic rings. The maximum atomic E-state index is 11.6. The molecule has 0 spiro atoms. The van der Waals surface area contributed by atoms with E-state index in [0.717, 1.165) is 10.6 Å². The first kappa shape index (κ1) is 16.1. The van der Waals surface area contributed by atoms with Gasteiger partial charge in [0, 0.05) is 18.0 Å². The Morgan fingerprint density at radius 3 is 2.55 bits per heavy atom. The summed E-state index contributed by atoms with van der Waals surface area (Å²) in [5.74, 6) is 1.92. The topological polar surface area (TPSA) is 60.1 Å². The fourth-order valence-corrected chi connectivity index (χ4v) is 5.19. The molecule has 3 rings (SSSR count). The highest BCUT2D eigenvalue weighted by molar-refractivity contribution is 7.91. The van der Waals surface area contributed by atoms with E-state index in [1.807, 2.05) is 11.7 Å². The van der Waals surface area contributed by atoms with E-state index in [4.69, 9.17) is 17.3 Å². The molecule has 1 saturated heterocycles. The molecule has 1 aliphatic heterocycles. The molecule has 2 fully saturated rings. The SMILES string of the molecule is CC(C)c1nn(CN(C)[C@@H]2CCS(=O)(=O)C2)c(=S)n1C1CC1. The van der Waals surface area contributed by atoms with Gasteiger partial charge in [0.2, 0.25) is 0 Å². The molecular weight excluding hydrogens is 320 g/mol. The fourth-order valence-electron chi connectivity index (χ4n) is 3.05. The summed E-state index contributed by atoms with van der Waals surface area (Å²) < 4.78 is 28.1. The minimum absolute atomic E-state index is 0.0699. The smallest absolute Gasteiger partial charge is 0.199 e. The van der Waals surface area contributed by atoms with Crippen LogP contribution in [0, 0.1) is 4.77 Å². The molecule has 22 heavy (non-hydrogen) atoms. The summed E-state index contributed by atoms with van der Waals surface area (Å²) in [4.78, 5) is 2.06. The third-order valence-electron chi connectivity index (χ3n) is 4.51. The Hall–Kier alpha value is -0.730. The monoisotopic (exact) mass is 344 g/mol. The maximum Gasteiger partial charge on any atom is 0.199 e. The van der Waals surface area contributed by atoms with Gasteiger partial charge in [0.25, 0.3) is 0 Å². The van der Waals surface area contributed by atoms with Crippen LogP contribution in [0.3, 0.4) is 0 Å². The Labute approximate surface area is 137 Å². The lowest BCUT2D eigenvalue weighted by Crippen LogP contribution is -2.34. The van der Waals surface area contributed by atoms with E-state index in [2.05, 4.69) is 23.3 Å². The highest BCUT2D eigenvalue weighted by Gasteiger charge is 2.32. The number of aromatic nitrogens is 3. The number of sulfone groups is 1. The largest absolute Gasteiger partial charge is 0.301 e. The third-order valence-corrected chi connectivity index (χ3v) is 6.67. The molecular formula is C14H24N4O2S2. The lowest BCUT2D eigenvalue weighted by molar-refractivity contribution is 0.196. The first-order valence-electron chi connectivity index (χ1n) is 7.88. The van der Waals surface area contributed by atoms with Crippen molar-refractivity contribution < 1.29 is 8.42 Å². The average molecular weight is 345 g/mol. The van der Waals surface area contributed by atoms with Gasteiger partial charge < -0.3 is 4.57 Å². The summed E-state index contributed by atoms with van der Waals surface area (Å²) in [5.41, 5.74) is 0. The number of nitrogens with zero attached hydrogens (tertiary/aromatic N) is 4. The van der Waals surface area contributed by atoms with Crippen molar-refractivity contribution in [2.75, 3.05) is 18.6 Å². The van der Waals surface area contributed by atoms with E-state index < -0.39 is 9.84 Å². The molecule has 1 aromatic heterocycles. The van der Waals surface area contributed by atoms with Crippen LogP contribution in [0.15, 0.2) is 0 Å². The van der Waals surface area contributed by atoms with Gasteiger partial charge in [0.1, 0.15) is 5.82 Å². The lowest BCUT2D eigenvalue weighted by Gasteiger charge is -2.22. The van der Waals surface area contributed by atoms with Crippen molar-refractivity contribution >= 4 is 22.1 Å². The van der Waals surface area contributed by atoms with Gasteiger partial charge in [-0.15, -0.1) is 0 Å². The van der Waals surface area contributed by atoms with Crippen molar-refractivity contribution in [3.05, 3.63) is 10.6 Å². The van der Waals surface area contributed by atoms with Crippen LogP contribution >= 0.6 is 12.2 Å².